The zero-order valence-corrected chi connectivity index (χ0v) is 9.80. The Hall–Kier alpha value is -1.65. The molecule has 2 atom stereocenters. The van der Waals surface area contributed by atoms with Crippen LogP contribution in [0.1, 0.15) is 24.0 Å². The fraction of sp³-hybridized carbons (Fsp3) is 0.462. The first-order valence-electron chi connectivity index (χ1n) is 5.79. The molecule has 0 amide bonds. The average molecular weight is 254 g/mol. The van der Waals surface area contributed by atoms with Gasteiger partial charge in [0.05, 0.1) is 13.0 Å². The molecule has 0 heterocycles. The topological polar surface area (TPSA) is 46.5 Å². The predicted octanol–water partition coefficient (Wildman–Crippen LogP) is 2.05. The minimum absolute atomic E-state index is 0.176. The van der Waals surface area contributed by atoms with Crippen LogP contribution in [0.3, 0.4) is 0 Å². The highest BCUT2D eigenvalue weighted by atomic mass is 19.1. The van der Waals surface area contributed by atoms with Crippen molar-refractivity contribution >= 4 is 5.97 Å². The maximum absolute atomic E-state index is 14.0. The number of phenols is 1. The Balaban J connectivity index is 2.11. The number of halogens is 2. The van der Waals surface area contributed by atoms with E-state index in [0.29, 0.717) is 19.3 Å². The zero-order chi connectivity index (χ0) is 13.1. The third kappa shape index (κ3) is 1.24. The minimum atomic E-state index is -0.796. The second kappa shape index (κ2) is 3.43. The molecule has 1 spiro atoms. The molecule has 3 rings (SSSR count). The van der Waals surface area contributed by atoms with Gasteiger partial charge in [-0.15, -0.1) is 0 Å². The standard InChI is InChI=1S/C13H12F2O3/c1-18-12(17)7-5-13(7)3-2-6-8(14)4-9(16)11(15)10(6)13/h4,7,16H,2-3,5H2,1H3/t7-,13-/m0/s1. The van der Waals surface area contributed by atoms with Gasteiger partial charge in [-0.25, -0.2) is 8.78 Å². The first-order chi connectivity index (χ1) is 8.51. The predicted molar refractivity (Wildman–Crippen MR) is 58.1 cm³/mol. The van der Waals surface area contributed by atoms with Crippen molar-refractivity contribution in [3.8, 4) is 5.75 Å². The van der Waals surface area contributed by atoms with E-state index in [9.17, 15) is 18.7 Å². The molecule has 3 nitrogen and oxygen atoms in total. The fourth-order valence-corrected chi connectivity index (χ4v) is 3.20. The number of ether oxygens (including phenoxy) is 1. The lowest BCUT2D eigenvalue weighted by molar-refractivity contribution is -0.142. The van der Waals surface area contributed by atoms with Crippen molar-refractivity contribution < 1.29 is 23.4 Å². The Morgan fingerprint density at radius 3 is 2.94 bits per heavy atom. The summed E-state index contributed by atoms with van der Waals surface area (Å²) in [6.45, 7) is 0. The third-order valence-electron chi connectivity index (χ3n) is 4.18. The van der Waals surface area contributed by atoms with Crippen molar-refractivity contribution in [2.45, 2.75) is 24.7 Å². The molecule has 1 saturated carbocycles. The summed E-state index contributed by atoms with van der Waals surface area (Å²) in [5.41, 5.74) is -0.196. The molecule has 1 aromatic carbocycles. The van der Waals surface area contributed by atoms with Gasteiger partial charge in [-0.3, -0.25) is 4.79 Å². The molecular formula is C13H12F2O3. The quantitative estimate of drug-likeness (QED) is 0.780. The summed E-state index contributed by atoms with van der Waals surface area (Å²) >= 11 is 0. The molecule has 1 N–H and O–H groups in total. The maximum Gasteiger partial charge on any atom is 0.309 e. The molecule has 5 heteroatoms. The number of fused-ring (bicyclic) bond motifs is 2. The molecular weight excluding hydrogens is 242 g/mol. The van der Waals surface area contributed by atoms with Gasteiger partial charge in [-0.05, 0) is 24.8 Å². The first kappa shape index (κ1) is 11.4. The number of carbonyl (C=O) groups is 1. The highest BCUT2D eigenvalue weighted by Gasteiger charge is 2.64. The van der Waals surface area contributed by atoms with Crippen LogP contribution in [0.15, 0.2) is 6.07 Å². The molecule has 2 aliphatic carbocycles. The van der Waals surface area contributed by atoms with Gasteiger partial charge in [-0.2, -0.15) is 0 Å². The number of hydrogen-bond donors (Lipinski definition) is 1. The Morgan fingerprint density at radius 2 is 2.28 bits per heavy atom. The van der Waals surface area contributed by atoms with E-state index in [-0.39, 0.29) is 11.1 Å². The van der Waals surface area contributed by atoms with Gasteiger partial charge in [0.25, 0.3) is 0 Å². The van der Waals surface area contributed by atoms with E-state index in [0.717, 1.165) is 6.07 Å². The Morgan fingerprint density at radius 1 is 1.56 bits per heavy atom. The molecule has 0 aromatic heterocycles. The van der Waals surface area contributed by atoms with Gasteiger partial charge < -0.3 is 9.84 Å². The molecule has 1 aromatic rings. The summed E-state index contributed by atoms with van der Waals surface area (Å²) in [6, 6.07) is 0.794. The summed E-state index contributed by atoms with van der Waals surface area (Å²) in [5.74, 6) is -2.90. The number of esters is 1. The third-order valence-corrected chi connectivity index (χ3v) is 4.18. The van der Waals surface area contributed by atoms with Gasteiger partial charge >= 0.3 is 5.97 Å². The van der Waals surface area contributed by atoms with Crippen LogP contribution in [0.5, 0.6) is 5.75 Å². The molecule has 0 saturated heterocycles. The Kier molecular flexibility index (Phi) is 2.18. The molecule has 1 fully saturated rings. The number of carbonyl (C=O) groups excluding carboxylic acids is 1. The highest BCUT2D eigenvalue weighted by molar-refractivity contribution is 5.80. The molecule has 0 bridgehead atoms. The average Bonchev–Trinajstić information content (AvgIpc) is 2.92. The second-order valence-electron chi connectivity index (χ2n) is 4.98. The van der Waals surface area contributed by atoms with Gasteiger partial charge in [0.15, 0.2) is 11.6 Å². The lowest BCUT2D eigenvalue weighted by Crippen LogP contribution is -2.15. The monoisotopic (exact) mass is 254 g/mol. The van der Waals surface area contributed by atoms with Gasteiger partial charge in [0, 0.05) is 17.0 Å². The van der Waals surface area contributed by atoms with Crippen molar-refractivity contribution in [3.63, 3.8) is 0 Å². The lowest BCUT2D eigenvalue weighted by Gasteiger charge is -2.12. The highest BCUT2D eigenvalue weighted by Crippen LogP contribution is 2.63. The lowest BCUT2D eigenvalue weighted by atomic mass is 9.94. The number of aromatic hydroxyl groups is 1. The summed E-state index contributed by atoms with van der Waals surface area (Å²) in [4.78, 5) is 11.5. The van der Waals surface area contributed by atoms with Crippen molar-refractivity contribution in [1.29, 1.82) is 0 Å². The van der Waals surface area contributed by atoms with Crippen LogP contribution < -0.4 is 0 Å². The molecule has 0 aliphatic heterocycles. The van der Waals surface area contributed by atoms with Gasteiger partial charge in [-0.1, -0.05) is 0 Å². The van der Waals surface area contributed by atoms with Crippen molar-refractivity contribution in [2.75, 3.05) is 7.11 Å². The van der Waals surface area contributed by atoms with E-state index < -0.39 is 34.7 Å². The summed E-state index contributed by atoms with van der Waals surface area (Å²) in [5, 5.41) is 9.38. The van der Waals surface area contributed by atoms with E-state index in [1.807, 2.05) is 0 Å². The van der Waals surface area contributed by atoms with Crippen molar-refractivity contribution in [3.05, 3.63) is 28.8 Å². The normalized spacial score (nSPS) is 28.3. The van der Waals surface area contributed by atoms with Gasteiger partial charge in [0.2, 0.25) is 0 Å². The van der Waals surface area contributed by atoms with E-state index in [1.54, 1.807) is 0 Å². The molecule has 0 unspecified atom stereocenters. The number of phenolic OH excluding ortho intramolecular Hbond substituents is 1. The summed E-state index contributed by atoms with van der Waals surface area (Å²) in [7, 11) is 1.28. The van der Waals surface area contributed by atoms with Crippen LogP contribution in [0.2, 0.25) is 0 Å². The summed E-state index contributed by atoms with van der Waals surface area (Å²) < 4.78 is 32.3. The molecule has 0 radical (unpaired) electrons. The van der Waals surface area contributed by atoms with Crippen molar-refractivity contribution in [1.82, 2.24) is 0 Å². The van der Waals surface area contributed by atoms with Crippen LogP contribution in [0.4, 0.5) is 8.78 Å². The van der Waals surface area contributed by atoms with E-state index >= 15 is 0 Å². The van der Waals surface area contributed by atoms with Crippen LogP contribution in [-0.2, 0) is 21.4 Å². The Bertz CT molecular complexity index is 556. The van der Waals surface area contributed by atoms with E-state index in [2.05, 4.69) is 4.74 Å². The molecule has 96 valence electrons. The van der Waals surface area contributed by atoms with Crippen LogP contribution in [-0.4, -0.2) is 18.2 Å². The minimum Gasteiger partial charge on any atom is -0.505 e. The molecule has 18 heavy (non-hydrogen) atoms. The first-order valence-corrected chi connectivity index (χ1v) is 5.79. The number of hydrogen-bond acceptors (Lipinski definition) is 3. The summed E-state index contributed by atoms with van der Waals surface area (Å²) in [6.07, 6.45) is 1.39. The fourth-order valence-electron chi connectivity index (χ4n) is 3.20. The van der Waals surface area contributed by atoms with E-state index in [1.165, 1.54) is 7.11 Å². The number of methoxy groups -OCH3 is 1. The smallest absolute Gasteiger partial charge is 0.309 e. The number of benzene rings is 1. The molecule has 2 aliphatic rings. The van der Waals surface area contributed by atoms with Crippen LogP contribution in [0, 0.1) is 17.6 Å². The number of rotatable bonds is 1. The maximum atomic E-state index is 14.0. The van der Waals surface area contributed by atoms with E-state index in [4.69, 9.17) is 0 Å². The van der Waals surface area contributed by atoms with Crippen molar-refractivity contribution in [2.24, 2.45) is 5.92 Å². The Labute approximate surface area is 102 Å². The van der Waals surface area contributed by atoms with Gasteiger partial charge in [0.1, 0.15) is 5.82 Å². The largest absolute Gasteiger partial charge is 0.505 e. The van der Waals surface area contributed by atoms with Crippen LogP contribution >= 0.6 is 0 Å². The second-order valence-corrected chi connectivity index (χ2v) is 4.98. The SMILES string of the molecule is COC(=O)[C@@H]1C[C@@]12CCc1c(F)cc(O)c(F)c12. The zero-order valence-electron chi connectivity index (χ0n) is 9.80. The van der Waals surface area contributed by atoms with Crippen LogP contribution in [0.25, 0.3) is 0 Å².